The van der Waals surface area contributed by atoms with Crippen molar-refractivity contribution in [3.05, 3.63) is 29.6 Å². The van der Waals surface area contributed by atoms with Gasteiger partial charge >= 0.3 is 5.97 Å². The molecule has 3 nitrogen and oxygen atoms in total. The van der Waals surface area contributed by atoms with Gasteiger partial charge in [0.1, 0.15) is 11.6 Å². The number of esters is 1. The minimum Gasteiger partial charge on any atom is -0.508 e. The van der Waals surface area contributed by atoms with E-state index < -0.39 is 0 Å². The van der Waals surface area contributed by atoms with E-state index in [0.29, 0.717) is 17.9 Å². The highest BCUT2D eigenvalue weighted by Crippen LogP contribution is 2.38. The average molecular weight is 266 g/mol. The molecule has 1 aliphatic carbocycles. The molecule has 0 saturated heterocycles. The second kappa shape index (κ2) is 6.04. The number of carbonyl (C=O) groups is 1. The standard InChI is InChI=1S/C15H19FO3/c1-19-15(18)8-10-2-4-11(5-3-10)13-7-6-12(17)9-14(13)16/h6-7,9-11,17H,2-5,8H2,1H3. The lowest BCUT2D eigenvalue weighted by Crippen LogP contribution is -2.17. The van der Waals surface area contributed by atoms with Crippen LogP contribution in [0.4, 0.5) is 4.39 Å². The van der Waals surface area contributed by atoms with Crippen molar-refractivity contribution in [2.45, 2.75) is 38.0 Å². The first kappa shape index (κ1) is 13.8. The molecule has 19 heavy (non-hydrogen) atoms. The van der Waals surface area contributed by atoms with Crippen molar-refractivity contribution in [1.29, 1.82) is 0 Å². The Bertz CT molecular complexity index is 451. The number of rotatable bonds is 3. The molecule has 104 valence electrons. The lowest BCUT2D eigenvalue weighted by molar-refractivity contribution is -0.142. The van der Waals surface area contributed by atoms with Crippen LogP contribution in [0.2, 0.25) is 0 Å². The van der Waals surface area contributed by atoms with Crippen LogP contribution in [0.1, 0.15) is 43.6 Å². The first-order chi connectivity index (χ1) is 9.10. The van der Waals surface area contributed by atoms with Gasteiger partial charge in [0, 0.05) is 12.5 Å². The van der Waals surface area contributed by atoms with Crippen LogP contribution in [-0.2, 0) is 9.53 Å². The summed E-state index contributed by atoms with van der Waals surface area (Å²) >= 11 is 0. The second-order valence-corrected chi connectivity index (χ2v) is 5.20. The van der Waals surface area contributed by atoms with E-state index >= 15 is 0 Å². The van der Waals surface area contributed by atoms with Gasteiger partial charge in [-0.2, -0.15) is 0 Å². The average Bonchev–Trinajstić information content (AvgIpc) is 2.40. The van der Waals surface area contributed by atoms with Crippen molar-refractivity contribution in [3.8, 4) is 5.75 Å². The molecule has 1 aromatic carbocycles. The van der Waals surface area contributed by atoms with Crippen molar-refractivity contribution in [3.63, 3.8) is 0 Å². The Morgan fingerprint density at radius 3 is 2.63 bits per heavy atom. The molecule has 1 saturated carbocycles. The van der Waals surface area contributed by atoms with Crippen molar-refractivity contribution in [2.75, 3.05) is 7.11 Å². The monoisotopic (exact) mass is 266 g/mol. The quantitative estimate of drug-likeness (QED) is 0.853. The maximum atomic E-state index is 13.8. The lowest BCUT2D eigenvalue weighted by Gasteiger charge is -2.28. The second-order valence-electron chi connectivity index (χ2n) is 5.20. The maximum Gasteiger partial charge on any atom is 0.305 e. The molecule has 1 N–H and O–H groups in total. The molecule has 2 rings (SSSR count). The summed E-state index contributed by atoms with van der Waals surface area (Å²) in [5.41, 5.74) is 0.675. The maximum absolute atomic E-state index is 13.8. The van der Waals surface area contributed by atoms with Crippen LogP contribution < -0.4 is 0 Å². The summed E-state index contributed by atoms with van der Waals surface area (Å²) in [6, 6.07) is 4.35. The molecule has 0 amide bonds. The van der Waals surface area contributed by atoms with Gasteiger partial charge in [-0.15, -0.1) is 0 Å². The Balaban J connectivity index is 1.94. The zero-order chi connectivity index (χ0) is 13.8. The number of hydrogen-bond donors (Lipinski definition) is 1. The molecule has 0 bridgehead atoms. The molecule has 4 heteroatoms. The summed E-state index contributed by atoms with van der Waals surface area (Å²) < 4.78 is 18.4. The van der Waals surface area contributed by atoms with Crippen LogP contribution in [0.5, 0.6) is 5.75 Å². The number of carbonyl (C=O) groups excluding carboxylic acids is 1. The van der Waals surface area contributed by atoms with Gasteiger partial charge in [0.2, 0.25) is 0 Å². The van der Waals surface area contributed by atoms with Gasteiger partial charge in [-0.25, -0.2) is 4.39 Å². The summed E-state index contributed by atoms with van der Waals surface area (Å²) in [4.78, 5) is 11.2. The molecule has 0 atom stereocenters. The smallest absolute Gasteiger partial charge is 0.305 e. The minimum atomic E-state index is -0.337. The van der Waals surface area contributed by atoms with Crippen molar-refractivity contribution in [1.82, 2.24) is 0 Å². The molecular weight excluding hydrogens is 247 g/mol. The Hall–Kier alpha value is -1.58. The predicted molar refractivity (Wildman–Crippen MR) is 69.4 cm³/mol. The SMILES string of the molecule is COC(=O)CC1CCC(c2ccc(O)cc2F)CC1. The molecule has 1 fully saturated rings. The van der Waals surface area contributed by atoms with E-state index in [9.17, 15) is 14.3 Å². The molecule has 0 aromatic heterocycles. The zero-order valence-electron chi connectivity index (χ0n) is 11.1. The summed E-state index contributed by atoms with van der Waals surface area (Å²) in [6.07, 6.45) is 4.05. The Morgan fingerprint density at radius 1 is 1.37 bits per heavy atom. The summed E-state index contributed by atoms with van der Waals surface area (Å²) in [6.45, 7) is 0. The number of phenolic OH excluding ortho intramolecular Hbond substituents is 1. The molecule has 0 aliphatic heterocycles. The fraction of sp³-hybridized carbons (Fsp3) is 0.533. The number of aromatic hydroxyl groups is 1. The number of ether oxygens (including phenoxy) is 1. The van der Waals surface area contributed by atoms with E-state index in [-0.39, 0.29) is 23.5 Å². The fourth-order valence-corrected chi connectivity index (χ4v) is 2.84. The topological polar surface area (TPSA) is 46.5 Å². The molecule has 0 radical (unpaired) electrons. The highest BCUT2D eigenvalue weighted by atomic mass is 19.1. The molecule has 0 heterocycles. The van der Waals surface area contributed by atoms with Crippen LogP contribution in [0, 0.1) is 11.7 Å². The number of benzene rings is 1. The van der Waals surface area contributed by atoms with Gasteiger partial charge in [-0.1, -0.05) is 6.07 Å². The Kier molecular flexibility index (Phi) is 4.40. The van der Waals surface area contributed by atoms with Crippen LogP contribution in [0.3, 0.4) is 0 Å². The number of halogens is 1. The van der Waals surface area contributed by atoms with Crippen molar-refractivity contribution < 1.29 is 19.0 Å². The third-order valence-corrected chi connectivity index (χ3v) is 3.95. The number of methoxy groups -OCH3 is 1. The summed E-state index contributed by atoms with van der Waals surface area (Å²) in [5.74, 6) is -0.00492. The van der Waals surface area contributed by atoms with Gasteiger partial charge in [-0.05, 0) is 49.1 Å². The van der Waals surface area contributed by atoms with E-state index in [0.717, 1.165) is 31.7 Å². The zero-order valence-corrected chi connectivity index (χ0v) is 11.1. The first-order valence-corrected chi connectivity index (χ1v) is 6.65. The normalized spacial score (nSPS) is 23.1. The third kappa shape index (κ3) is 3.46. The van der Waals surface area contributed by atoms with E-state index in [1.807, 2.05) is 0 Å². The van der Waals surface area contributed by atoms with E-state index in [1.165, 1.54) is 13.2 Å². The summed E-state index contributed by atoms with van der Waals surface area (Å²) in [7, 11) is 1.40. The lowest BCUT2D eigenvalue weighted by atomic mass is 9.77. The first-order valence-electron chi connectivity index (χ1n) is 6.65. The largest absolute Gasteiger partial charge is 0.508 e. The van der Waals surface area contributed by atoms with Crippen LogP contribution in [-0.4, -0.2) is 18.2 Å². The third-order valence-electron chi connectivity index (χ3n) is 3.95. The van der Waals surface area contributed by atoms with E-state index in [2.05, 4.69) is 4.74 Å². The van der Waals surface area contributed by atoms with Gasteiger partial charge < -0.3 is 9.84 Å². The van der Waals surface area contributed by atoms with E-state index in [4.69, 9.17) is 0 Å². The highest BCUT2D eigenvalue weighted by Gasteiger charge is 2.25. The van der Waals surface area contributed by atoms with Crippen LogP contribution in [0.15, 0.2) is 18.2 Å². The van der Waals surface area contributed by atoms with Gasteiger partial charge in [-0.3, -0.25) is 4.79 Å². The molecular formula is C15H19FO3. The molecule has 1 aromatic rings. The molecule has 0 spiro atoms. The van der Waals surface area contributed by atoms with Gasteiger partial charge in [0.05, 0.1) is 7.11 Å². The molecule has 0 unspecified atom stereocenters. The van der Waals surface area contributed by atoms with Gasteiger partial charge in [0.25, 0.3) is 0 Å². The Labute approximate surface area is 112 Å². The summed E-state index contributed by atoms with van der Waals surface area (Å²) in [5, 5.41) is 9.21. The highest BCUT2D eigenvalue weighted by molar-refractivity contribution is 5.69. The number of phenols is 1. The van der Waals surface area contributed by atoms with Gasteiger partial charge in [0.15, 0.2) is 0 Å². The van der Waals surface area contributed by atoms with Crippen molar-refractivity contribution >= 4 is 5.97 Å². The predicted octanol–water partition coefficient (Wildman–Crippen LogP) is 3.37. The van der Waals surface area contributed by atoms with E-state index in [1.54, 1.807) is 6.07 Å². The molecule has 1 aliphatic rings. The number of hydrogen-bond acceptors (Lipinski definition) is 3. The van der Waals surface area contributed by atoms with Crippen molar-refractivity contribution in [2.24, 2.45) is 5.92 Å². The van der Waals surface area contributed by atoms with Crippen LogP contribution in [0.25, 0.3) is 0 Å². The van der Waals surface area contributed by atoms with Crippen LogP contribution >= 0.6 is 0 Å². The Morgan fingerprint density at radius 2 is 2.05 bits per heavy atom. The minimum absolute atomic E-state index is 0.0411. The fourth-order valence-electron chi connectivity index (χ4n) is 2.84.